The molecular formula is C19H17ClF2N2O3. The number of benzene rings is 2. The highest BCUT2D eigenvalue weighted by Gasteiger charge is 2.17. The van der Waals surface area contributed by atoms with Crippen molar-refractivity contribution >= 4 is 29.3 Å². The lowest BCUT2D eigenvalue weighted by molar-refractivity contribution is 0.0695. The van der Waals surface area contributed by atoms with Gasteiger partial charge in [0.05, 0.1) is 10.9 Å². The number of pyridine rings is 1. The minimum Gasteiger partial charge on any atom is -0.477 e. The number of halogens is 3. The Hall–Kier alpha value is -2.77. The van der Waals surface area contributed by atoms with E-state index < -0.39 is 28.6 Å². The van der Waals surface area contributed by atoms with Crippen LogP contribution in [0.3, 0.4) is 0 Å². The molecule has 0 unspecified atom stereocenters. The Bertz CT molecular complexity index is 1060. The van der Waals surface area contributed by atoms with Crippen LogP contribution < -0.4 is 5.43 Å². The van der Waals surface area contributed by atoms with Gasteiger partial charge in [-0.25, -0.2) is 13.6 Å². The van der Waals surface area contributed by atoms with Gasteiger partial charge in [-0.15, -0.1) is 12.4 Å². The summed E-state index contributed by atoms with van der Waals surface area (Å²) in [5, 5.41) is 9.08. The van der Waals surface area contributed by atoms with E-state index >= 15 is 0 Å². The van der Waals surface area contributed by atoms with E-state index in [-0.39, 0.29) is 23.3 Å². The van der Waals surface area contributed by atoms with E-state index in [0.29, 0.717) is 12.2 Å². The van der Waals surface area contributed by atoms with Gasteiger partial charge in [-0.3, -0.25) is 4.79 Å². The molecule has 2 aromatic carbocycles. The predicted molar refractivity (Wildman–Crippen MR) is 101 cm³/mol. The van der Waals surface area contributed by atoms with Gasteiger partial charge in [0.15, 0.2) is 11.6 Å². The molecule has 3 aromatic rings. The molecule has 0 aliphatic heterocycles. The van der Waals surface area contributed by atoms with Crippen molar-refractivity contribution in [3.63, 3.8) is 0 Å². The molecule has 0 saturated carbocycles. The van der Waals surface area contributed by atoms with Gasteiger partial charge in [0.2, 0.25) is 5.43 Å². The molecule has 1 N–H and O–H groups in total. The van der Waals surface area contributed by atoms with Crippen LogP contribution in [0.2, 0.25) is 0 Å². The summed E-state index contributed by atoms with van der Waals surface area (Å²) in [5.74, 6) is -3.75. The van der Waals surface area contributed by atoms with Crippen LogP contribution in [-0.4, -0.2) is 34.6 Å². The van der Waals surface area contributed by atoms with E-state index in [1.165, 1.54) is 4.57 Å². The molecule has 1 aromatic heterocycles. The average Bonchev–Trinajstić information content (AvgIpc) is 2.57. The summed E-state index contributed by atoms with van der Waals surface area (Å²) in [6.45, 7) is 0.714. The van der Waals surface area contributed by atoms with Crippen LogP contribution in [0.15, 0.2) is 47.4 Å². The fourth-order valence-electron chi connectivity index (χ4n) is 2.81. The van der Waals surface area contributed by atoms with Crippen molar-refractivity contribution in [1.82, 2.24) is 9.47 Å². The first kappa shape index (κ1) is 20.5. The minimum atomic E-state index is -1.43. The number of nitrogens with zero attached hydrogens (tertiary/aromatic N) is 2. The smallest absolute Gasteiger partial charge is 0.341 e. The fraction of sp³-hybridized carbons (Fsp3) is 0.158. The lowest BCUT2D eigenvalue weighted by Crippen LogP contribution is -2.19. The summed E-state index contributed by atoms with van der Waals surface area (Å²) in [4.78, 5) is 25.7. The number of aromatic carboxylic acids is 1. The Balaban J connectivity index is 0.00000261. The molecule has 1 heterocycles. The number of fused-ring (bicyclic) bond motifs is 1. The summed E-state index contributed by atoms with van der Waals surface area (Å²) in [5.41, 5.74) is 0.290. The minimum absolute atomic E-state index is 0. The van der Waals surface area contributed by atoms with Gasteiger partial charge in [-0.2, -0.15) is 0 Å². The third kappa shape index (κ3) is 3.99. The standard InChI is InChI=1S/C19H16F2N2O3.ClH/c1-22(2)9-11-3-5-12(6-4-11)23-10-14(19(25)26)18(24)13-7-15(20)16(21)8-17(13)23;/h3-8,10H,9H2,1-2H3,(H,25,26);1H. The SMILES string of the molecule is CN(C)Cc1ccc(-n2cc(C(=O)O)c(=O)c3cc(F)c(F)cc32)cc1.Cl. The van der Waals surface area contributed by atoms with Gasteiger partial charge in [0, 0.05) is 24.5 Å². The third-order valence-electron chi connectivity index (χ3n) is 3.99. The van der Waals surface area contributed by atoms with Gasteiger partial charge in [0.1, 0.15) is 5.56 Å². The molecular weight excluding hydrogens is 378 g/mol. The van der Waals surface area contributed by atoms with Crippen molar-refractivity contribution in [3.05, 3.63) is 75.6 Å². The Morgan fingerprint density at radius 2 is 1.70 bits per heavy atom. The largest absolute Gasteiger partial charge is 0.477 e. The second-order valence-electron chi connectivity index (χ2n) is 6.23. The molecule has 0 atom stereocenters. The van der Waals surface area contributed by atoms with Gasteiger partial charge < -0.3 is 14.6 Å². The first-order chi connectivity index (χ1) is 12.3. The summed E-state index contributed by atoms with van der Waals surface area (Å²) in [6.07, 6.45) is 1.13. The van der Waals surface area contributed by atoms with Crippen molar-refractivity contribution < 1.29 is 18.7 Å². The highest BCUT2D eigenvalue weighted by molar-refractivity contribution is 5.93. The molecule has 27 heavy (non-hydrogen) atoms. The van der Waals surface area contributed by atoms with Crippen LogP contribution in [0, 0.1) is 11.6 Å². The average molecular weight is 395 g/mol. The highest BCUT2D eigenvalue weighted by atomic mass is 35.5. The van der Waals surface area contributed by atoms with E-state index in [2.05, 4.69) is 0 Å². The second-order valence-corrected chi connectivity index (χ2v) is 6.23. The normalized spacial score (nSPS) is 10.9. The van der Waals surface area contributed by atoms with Crippen LogP contribution in [0.4, 0.5) is 8.78 Å². The molecule has 0 aliphatic carbocycles. The fourth-order valence-corrected chi connectivity index (χ4v) is 2.81. The zero-order chi connectivity index (χ0) is 19.0. The maximum Gasteiger partial charge on any atom is 0.341 e. The van der Waals surface area contributed by atoms with Crippen molar-refractivity contribution in [2.75, 3.05) is 14.1 Å². The molecule has 8 heteroatoms. The van der Waals surface area contributed by atoms with Crippen molar-refractivity contribution in [1.29, 1.82) is 0 Å². The topological polar surface area (TPSA) is 62.5 Å². The zero-order valence-corrected chi connectivity index (χ0v) is 15.4. The lowest BCUT2D eigenvalue weighted by Gasteiger charge is -2.14. The monoisotopic (exact) mass is 394 g/mol. The maximum atomic E-state index is 13.7. The maximum absolute atomic E-state index is 13.7. The van der Waals surface area contributed by atoms with E-state index in [4.69, 9.17) is 0 Å². The number of carboxylic acid groups (broad SMARTS) is 1. The number of carbonyl (C=O) groups is 1. The number of rotatable bonds is 4. The molecule has 142 valence electrons. The summed E-state index contributed by atoms with van der Waals surface area (Å²) in [7, 11) is 3.86. The summed E-state index contributed by atoms with van der Waals surface area (Å²) in [6, 6.07) is 8.78. The first-order valence-electron chi connectivity index (χ1n) is 7.79. The Kier molecular flexibility index (Phi) is 5.98. The van der Waals surface area contributed by atoms with Crippen molar-refractivity contribution in [3.8, 4) is 5.69 Å². The van der Waals surface area contributed by atoms with Crippen LogP contribution in [0.1, 0.15) is 15.9 Å². The Morgan fingerprint density at radius 3 is 2.26 bits per heavy atom. The molecule has 0 aliphatic rings. The Morgan fingerprint density at radius 1 is 1.11 bits per heavy atom. The van der Waals surface area contributed by atoms with E-state index in [0.717, 1.165) is 23.9 Å². The van der Waals surface area contributed by atoms with Crippen LogP contribution in [0.5, 0.6) is 0 Å². The van der Waals surface area contributed by atoms with E-state index in [1.54, 1.807) is 12.1 Å². The number of carboxylic acids is 1. The quantitative estimate of drug-likeness (QED) is 0.736. The molecule has 0 amide bonds. The second kappa shape index (κ2) is 7.85. The Labute approximate surface area is 159 Å². The van der Waals surface area contributed by atoms with Crippen LogP contribution in [0.25, 0.3) is 16.6 Å². The molecule has 0 saturated heterocycles. The summed E-state index contributed by atoms with van der Waals surface area (Å²) < 4.78 is 28.7. The molecule has 0 spiro atoms. The summed E-state index contributed by atoms with van der Waals surface area (Å²) >= 11 is 0. The van der Waals surface area contributed by atoms with E-state index in [1.807, 2.05) is 31.1 Å². The lowest BCUT2D eigenvalue weighted by atomic mass is 10.1. The molecule has 0 bridgehead atoms. The number of hydrogen-bond donors (Lipinski definition) is 1. The number of aromatic nitrogens is 1. The van der Waals surface area contributed by atoms with Crippen molar-refractivity contribution in [2.24, 2.45) is 0 Å². The van der Waals surface area contributed by atoms with Gasteiger partial charge in [-0.05, 0) is 37.9 Å². The predicted octanol–water partition coefficient (Wildman–Crippen LogP) is 3.45. The van der Waals surface area contributed by atoms with E-state index in [9.17, 15) is 23.5 Å². The first-order valence-corrected chi connectivity index (χ1v) is 7.79. The van der Waals surface area contributed by atoms with Crippen LogP contribution >= 0.6 is 12.4 Å². The molecule has 0 radical (unpaired) electrons. The molecule has 3 rings (SSSR count). The molecule has 5 nitrogen and oxygen atoms in total. The van der Waals surface area contributed by atoms with Crippen molar-refractivity contribution in [2.45, 2.75) is 6.54 Å². The van der Waals surface area contributed by atoms with Gasteiger partial charge in [-0.1, -0.05) is 12.1 Å². The number of hydrogen-bond acceptors (Lipinski definition) is 3. The van der Waals surface area contributed by atoms with Gasteiger partial charge >= 0.3 is 5.97 Å². The van der Waals surface area contributed by atoms with Crippen LogP contribution in [-0.2, 0) is 6.54 Å². The van der Waals surface area contributed by atoms with Gasteiger partial charge in [0.25, 0.3) is 0 Å². The molecule has 0 fully saturated rings. The zero-order valence-electron chi connectivity index (χ0n) is 14.6. The third-order valence-corrected chi connectivity index (χ3v) is 3.99. The highest BCUT2D eigenvalue weighted by Crippen LogP contribution is 2.21.